The number of aryl methyl sites for hydroxylation is 2. The molecule has 0 amide bonds. The summed E-state index contributed by atoms with van der Waals surface area (Å²) in [6, 6.07) is 11.2. The van der Waals surface area contributed by atoms with Crippen LogP contribution in [-0.2, 0) is 10.0 Å². The zero-order valence-corrected chi connectivity index (χ0v) is 17.6. The molecule has 28 heavy (non-hydrogen) atoms. The number of benzene rings is 1. The van der Waals surface area contributed by atoms with E-state index in [1.807, 2.05) is 26.0 Å². The Balaban J connectivity index is 1.66. The fourth-order valence-electron chi connectivity index (χ4n) is 4.38. The molecule has 3 heterocycles. The van der Waals surface area contributed by atoms with Gasteiger partial charge in [-0.05, 0) is 63.3 Å². The standard InChI is InChI=1S/C22H29N3O2S/c1-17-8-10-19(11-9-17)28(26,27)25-16-4-3-7-21(25)20-12-13-22(23-18(20)2)24-14-5-6-15-24/h8-13,21H,3-7,14-16H2,1-2H3. The van der Waals surface area contributed by atoms with E-state index >= 15 is 0 Å². The van der Waals surface area contributed by atoms with Crippen molar-refractivity contribution in [2.45, 2.75) is 56.9 Å². The first-order chi connectivity index (χ1) is 13.5. The first-order valence-corrected chi connectivity index (χ1v) is 11.7. The Morgan fingerprint density at radius 2 is 1.57 bits per heavy atom. The lowest BCUT2D eigenvalue weighted by molar-refractivity contribution is 0.255. The highest BCUT2D eigenvalue weighted by molar-refractivity contribution is 7.89. The van der Waals surface area contributed by atoms with Gasteiger partial charge < -0.3 is 4.90 Å². The van der Waals surface area contributed by atoms with Gasteiger partial charge in [-0.25, -0.2) is 13.4 Å². The normalized spacial score (nSPS) is 21.2. The summed E-state index contributed by atoms with van der Waals surface area (Å²) >= 11 is 0. The zero-order valence-electron chi connectivity index (χ0n) is 16.8. The van der Waals surface area contributed by atoms with Gasteiger partial charge in [-0.2, -0.15) is 4.31 Å². The molecule has 0 spiro atoms. The topological polar surface area (TPSA) is 53.5 Å². The minimum atomic E-state index is -3.52. The fourth-order valence-corrected chi connectivity index (χ4v) is 6.06. The average Bonchev–Trinajstić information content (AvgIpc) is 3.23. The van der Waals surface area contributed by atoms with E-state index in [0.29, 0.717) is 11.4 Å². The van der Waals surface area contributed by atoms with Crippen molar-refractivity contribution in [3.05, 3.63) is 53.2 Å². The van der Waals surface area contributed by atoms with Gasteiger partial charge in [0.15, 0.2) is 0 Å². The van der Waals surface area contributed by atoms with Gasteiger partial charge in [-0.1, -0.05) is 30.2 Å². The summed E-state index contributed by atoms with van der Waals surface area (Å²) in [5, 5.41) is 0. The summed E-state index contributed by atoms with van der Waals surface area (Å²) in [6.07, 6.45) is 5.22. The molecule has 2 aromatic rings. The molecule has 2 aliphatic rings. The first-order valence-electron chi connectivity index (χ1n) is 10.3. The maximum atomic E-state index is 13.4. The van der Waals surface area contributed by atoms with E-state index in [9.17, 15) is 8.42 Å². The van der Waals surface area contributed by atoms with Crippen molar-refractivity contribution >= 4 is 15.8 Å². The van der Waals surface area contributed by atoms with Crippen LogP contribution in [0.25, 0.3) is 0 Å². The maximum Gasteiger partial charge on any atom is 0.243 e. The molecule has 0 saturated carbocycles. The first kappa shape index (κ1) is 19.4. The Morgan fingerprint density at radius 3 is 2.25 bits per heavy atom. The molecular formula is C22H29N3O2S. The largest absolute Gasteiger partial charge is 0.357 e. The summed E-state index contributed by atoms with van der Waals surface area (Å²) in [6.45, 7) is 6.66. The molecule has 1 unspecified atom stereocenters. The summed E-state index contributed by atoms with van der Waals surface area (Å²) in [7, 11) is -3.52. The number of hydrogen-bond acceptors (Lipinski definition) is 4. The van der Waals surface area contributed by atoms with Gasteiger partial charge in [0.1, 0.15) is 5.82 Å². The van der Waals surface area contributed by atoms with Crippen LogP contribution in [0.5, 0.6) is 0 Å². The summed E-state index contributed by atoms with van der Waals surface area (Å²) < 4.78 is 28.4. The van der Waals surface area contributed by atoms with Crippen LogP contribution < -0.4 is 4.90 Å². The molecule has 4 rings (SSSR count). The third kappa shape index (κ3) is 3.67. The van der Waals surface area contributed by atoms with Gasteiger partial charge >= 0.3 is 0 Å². The Bertz CT molecular complexity index is 935. The molecule has 0 bridgehead atoms. The van der Waals surface area contributed by atoms with Crippen LogP contribution in [0, 0.1) is 13.8 Å². The predicted molar refractivity (Wildman–Crippen MR) is 112 cm³/mol. The van der Waals surface area contributed by atoms with Crippen LogP contribution in [0.15, 0.2) is 41.3 Å². The van der Waals surface area contributed by atoms with Gasteiger partial charge in [-0.15, -0.1) is 0 Å². The van der Waals surface area contributed by atoms with E-state index in [4.69, 9.17) is 4.98 Å². The minimum absolute atomic E-state index is 0.139. The van der Waals surface area contributed by atoms with Crippen LogP contribution in [0.3, 0.4) is 0 Å². The molecule has 0 N–H and O–H groups in total. The van der Waals surface area contributed by atoms with Crippen molar-refractivity contribution in [2.75, 3.05) is 24.5 Å². The van der Waals surface area contributed by atoms with Crippen molar-refractivity contribution in [1.82, 2.24) is 9.29 Å². The van der Waals surface area contributed by atoms with E-state index in [-0.39, 0.29) is 6.04 Å². The van der Waals surface area contributed by atoms with E-state index in [1.54, 1.807) is 16.4 Å². The second-order valence-corrected chi connectivity index (χ2v) is 9.87. The van der Waals surface area contributed by atoms with Crippen molar-refractivity contribution in [1.29, 1.82) is 0 Å². The summed E-state index contributed by atoms with van der Waals surface area (Å²) in [5.74, 6) is 1.02. The zero-order chi connectivity index (χ0) is 19.7. The van der Waals surface area contributed by atoms with Gasteiger partial charge in [0.05, 0.1) is 10.9 Å². The van der Waals surface area contributed by atoms with Crippen LogP contribution >= 0.6 is 0 Å². The fraction of sp³-hybridized carbons (Fsp3) is 0.500. The number of piperidine rings is 1. The third-order valence-corrected chi connectivity index (χ3v) is 7.90. The van der Waals surface area contributed by atoms with Gasteiger partial charge in [0, 0.05) is 25.3 Å². The molecule has 1 atom stereocenters. The molecule has 6 heteroatoms. The number of aromatic nitrogens is 1. The highest BCUT2D eigenvalue weighted by Crippen LogP contribution is 2.37. The number of rotatable bonds is 4. The molecule has 2 fully saturated rings. The molecule has 0 aliphatic carbocycles. The Kier molecular flexibility index (Phi) is 5.43. The molecular weight excluding hydrogens is 370 g/mol. The highest BCUT2D eigenvalue weighted by atomic mass is 32.2. The number of pyridine rings is 1. The van der Waals surface area contributed by atoms with Crippen molar-refractivity contribution in [2.24, 2.45) is 0 Å². The molecule has 5 nitrogen and oxygen atoms in total. The Labute approximate surface area is 168 Å². The number of nitrogens with zero attached hydrogens (tertiary/aromatic N) is 3. The van der Waals surface area contributed by atoms with Crippen LogP contribution in [0.2, 0.25) is 0 Å². The lowest BCUT2D eigenvalue weighted by Crippen LogP contribution is -2.38. The van der Waals surface area contributed by atoms with E-state index < -0.39 is 10.0 Å². The van der Waals surface area contributed by atoms with E-state index in [0.717, 1.165) is 55.0 Å². The van der Waals surface area contributed by atoms with Crippen LogP contribution in [0.4, 0.5) is 5.82 Å². The van der Waals surface area contributed by atoms with Crippen molar-refractivity contribution < 1.29 is 8.42 Å². The highest BCUT2D eigenvalue weighted by Gasteiger charge is 2.35. The Hall–Kier alpha value is -1.92. The van der Waals surface area contributed by atoms with Gasteiger partial charge in [0.25, 0.3) is 0 Å². The van der Waals surface area contributed by atoms with Crippen LogP contribution in [0.1, 0.15) is 55.0 Å². The molecule has 1 aromatic carbocycles. The SMILES string of the molecule is Cc1ccc(S(=O)(=O)N2CCCCC2c2ccc(N3CCCC3)nc2C)cc1. The summed E-state index contributed by atoms with van der Waals surface area (Å²) in [5.41, 5.74) is 3.05. The molecule has 1 aromatic heterocycles. The second kappa shape index (κ2) is 7.84. The number of sulfonamides is 1. The van der Waals surface area contributed by atoms with Crippen molar-refractivity contribution in [3.63, 3.8) is 0 Å². The third-order valence-electron chi connectivity index (χ3n) is 5.98. The van der Waals surface area contributed by atoms with Crippen LogP contribution in [-0.4, -0.2) is 37.3 Å². The lowest BCUT2D eigenvalue weighted by atomic mass is 9.96. The van der Waals surface area contributed by atoms with Gasteiger partial charge in [0.2, 0.25) is 10.0 Å². The number of hydrogen-bond donors (Lipinski definition) is 0. The van der Waals surface area contributed by atoms with E-state index in [2.05, 4.69) is 17.0 Å². The molecule has 0 radical (unpaired) electrons. The van der Waals surface area contributed by atoms with Gasteiger partial charge in [-0.3, -0.25) is 0 Å². The predicted octanol–water partition coefficient (Wildman–Crippen LogP) is 4.21. The van der Waals surface area contributed by atoms with E-state index in [1.165, 1.54) is 12.8 Å². The summed E-state index contributed by atoms with van der Waals surface area (Å²) in [4.78, 5) is 7.53. The molecule has 2 saturated heterocycles. The minimum Gasteiger partial charge on any atom is -0.357 e. The number of anilines is 1. The Morgan fingerprint density at radius 1 is 0.893 bits per heavy atom. The molecule has 2 aliphatic heterocycles. The second-order valence-electron chi connectivity index (χ2n) is 7.98. The van der Waals surface area contributed by atoms with Crippen molar-refractivity contribution in [3.8, 4) is 0 Å². The molecule has 150 valence electrons. The monoisotopic (exact) mass is 399 g/mol. The smallest absolute Gasteiger partial charge is 0.243 e. The average molecular weight is 400 g/mol. The lowest BCUT2D eigenvalue weighted by Gasteiger charge is -2.35. The maximum absolute atomic E-state index is 13.4. The quantitative estimate of drug-likeness (QED) is 0.773.